The molecule has 0 atom stereocenters. The van der Waals surface area contributed by atoms with Crippen molar-refractivity contribution >= 4 is 23.5 Å². The molecule has 104 valence electrons. The Kier molecular flexibility index (Phi) is 4.47. The van der Waals surface area contributed by atoms with Gasteiger partial charge in [0.25, 0.3) is 5.91 Å². The maximum atomic E-state index is 12.1. The fourth-order valence-electron chi connectivity index (χ4n) is 2.16. The average molecular weight is 286 g/mol. The summed E-state index contributed by atoms with van der Waals surface area (Å²) in [5, 5.41) is 0.199. The minimum atomic E-state index is -0.186. The molecule has 0 N–H and O–H groups in total. The largest absolute Gasteiger partial charge is 0.466 e. The highest BCUT2D eigenvalue weighted by Gasteiger charge is 2.29. The van der Waals surface area contributed by atoms with Crippen LogP contribution in [0.25, 0.3) is 0 Å². The molecule has 1 amide bonds. The van der Waals surface area contributed by atoms with Gasteiger partial charge in [-0.15, -0.1) is 0 Å². The van der Waals surface area contributed by atoms with Gasteiger partial charge in [0.1, 0.15) is 0 Å². The first-order valence-electron chi connectivity index (χ1n) is 6.33. The van der Waals surface area contributed by atoms with Gasteiger partial charge in [-0.2, -0.15) is 0 Å². The number of halogens is 1. The molecule has 19 heavy (non-hydrogen) atoms. The molecule has 0 radical (unpaired) electrons. The quantitative estimate of drug-likeness (QED) is 0.800. The summed E-state index contributed by atoms with van der Waals surface area (Å²) in [6.07, 6.45) is 1.25. The number of esters is 1. The minimum absolute atomic E-state index is 0.107. The molecule has 0 aromatic carbocycles. The summed E-state index contributed by atoms with van der Waals surface area (Å²) in [4.78, 5) is 25.3. The molecule has 1 aromatic heterocycles. The van der Waals surface area contributed by atoms with Crippen LogP contribution in [-0.2, 0) is 9.53 Å². The van der Waals surface area contributed by atoms with Crippen LogP contribution in [0.3, 0.4) is 0 Å². The van der Waals surface area contributed by atoms with Crippen molar-refractivity contribution in [3.05, 3.63) is 23.1 Å². The highest BCUT2D eigenvalue weighted by Crippen LogP contribution is 2.22. The van der Waals surface area contributed by atoms with E-state index in [0.717, 1.165) is 0 Å². The van der Waals surface area contributed by atoms with Crippen molar-refractivity contribution in [3.8, 4) is 0 Å². The molecule has 6 heteroatoms. The zero-order valence-electron chi connectivity index (χ0n) is 10.7. The number of hydrogen-bond acceptors (Lipinski definition) is 4. The van der Waals surface area contributed by atoms with Crippen LogP contribution in [0.4, 0.5) is 0 Å². The average Bonchev–Trinajstić information content (AvgIpc) is 2.85. The first kappa shape index (κ1) is 13.9. The van der Waals surface area contributed by atoms with Crippen molar-refractivity contribution in [2.45, 2.75) is 19.8 Å². The summed E-state index contributed by atoms with van der Waals surface area (Å²) >= 11 is 5.64. The molecule has 1 aromatic rings. The number of ether oxygens (including phenoxy) is 1. The highest BCUT2D eigenvalue weighted by molar-refractivity contribution is 6.29. The number of hydrogen-bond donors (Lipinski definition) is 0. The standard InChI is InChI=1S/C13H16ClNO4/c1-2-18-13(17)9-5-7-15(8-6-9)12(16)10-3-4-11(14)19-10/h3-4,9H,2,5-8H2,1H3. The first-order valence-corrected chi connectivity index (χ1v) is 6.71. The van der Waals surface area contributed by atoms with E-state index in [1.807, 2.05) is 0 Å². The van der Waals surface area contributed by atoms with E-state index >= 15 is 0 Å². The van der Waals surface area contributed by atoms with Crippen molar-refractivity contribution in [1.29, 1.82) is 0 Å². The molecule has 0 spiro atoms. The molecule has 1 fully saturated rings. The van der Waals surface area contributed by atoms with Gasteiger partial charge in [-0.3, -0.25) is 9.59 Å². The molecule has 1 aliphatic heterocycles. The highest BCUT2D eigenvalue weighted by atomic mass is 35.5. The van der Waals surface area contributed by atoms with Crippen molar-refractivity contribution in [3.63, 3.8) is 0 Å². The number of furan rings is 1. The summed E-state index contributed by atoms with van der Waals surface area (Å²) in [5.74, 6) is -0.228. The van der Waals surface area contributed by atoms with E-state index in [1.165, 1.54) is 0 Å². The second kappa shape index (κ2) is 6.10. The molecule has 1 saturated heterocycles. The number of nitrogens with zero attached hydrogens (tertiary/aromatic N) is 1. The molecule has 2 heterocycles. The lowest BCUT2D eigenvalue weighted by molar-refractivity contribution is -0.149. The summed E-state index contributed by atoms with van der Waals surface area (Å²) in [7, 11) is 0. The molecular weight excluding hydrogens is 270 g/mol. The van der Waals surface area contributed by atoms with Crippen molar-refractivity contribution in [1.82, 2.24) is 4.90 Å². The van der Waals surface area contributed by atoms with Crippen molar-refractivity contribution < 1.29 is 18.7 Å². The normalized spacial score (nSPS) is 16.4. The lowest BCUT2D eigenvalue weighted by atomic mass is 9.97. The third kappa shape index (κ3) is 3.29. The molecule has 0 aliphatic carbocycles. The van der Waals surface area contributed by atoms with Crippen LogP contribution in [0.15, 0.2) is 16.5 Å². The Hall–Kier alpha value is -1.49. The number of rotatable bonds is 3. The van der Waals surface area contributed by atoms with Crippen LogP contribution < -0.4 is 0 Å². The molecular formula is C13H16ClNO4. The first-order chi connectivity index (χ1) is 9.11. The second-order valence-electron chi connectivity index (χ2n) is 4.42. The summed E-state index contributed by atoms with van der Waals surface area (Å²) < 4.78 is 10.1. The molecule has 1 aliphatic rings. The lowest BCUT2D eigenvalue weighted by Crippen LogP contribution is -2.40. The van der Waals surface area contributed by atoms with Gasteiger partial charge in [0.2, 0.25) is 0 Å². The maximum Gasteiger partial charge on any atom is 0.309 e. The lowest BCUT2D eigenvalue weighted by Gasteiger charge is -2.30. The predicted octanol–water partition coefficient (Wildman–Crippen LogP) is 2.35. The van der Waals surface area contributed by atoms with Crippen LogP contribution in [0.5, 0.6) is 0 Å². The van der Waals surface area contributed by atoms with Crippen LogP contribution in [-0.4, -0.2) is 36.5 Å². The van der Waals surface area contributed by atoms with Crippen LogP contribution >= 0.6 is 11.6 Å². The van der Waals surface area contributed by atoms with Gasteiger partial charge in [0, 0.05) is 13.1 Å². The molecule has 0 bridgehead atoms. The summed E-state index contributed by atoms with van der Waals surface area (Å²) in [6, 6.07) is 3.10. The van der Waals surface area contributed by atoms with Gasteiger partial charge in [0.15, 0.2) is 11.0 Å². The maximum absolute atomic E-state index is 12.1. The Morgan fingerprint density at radius 3 is 2.63 bits per heavy atom. The number of amides is 1. The number of carbonyl (C=O) groups is 2. The third-order valence-corrected chi connectivity index (χ3v) is 3.39. The zero-order valence-corrected chi connectivity index (χ0v) is 11.5. The Bertz CT molecular complexity index is 463. The van der Waals surface area contributed by atoms with E-state index in [1.54, 1.807) is 24.0 Å². The van der Waals surface area contributed by atoms with Crippen LogP contribution in [0.2, 0.25) is 5.22 Å². The topological polar surface area (TPSA) is 59.8 Å². The minimum Gasteiger partial charge on any atom is -0.466 e. The Balaban J connectivity index is 1.89. The fraction of sp³-hybridized carbons (Fsp3) is 0.538. The second-order valence-corrected chi connectivity index (χ2v) is 4.79. The van der Waals surface area contributed by atoms with E-state index in [0.29, 0.717) is 32.5 Å². The van der Waals surface area contributed by atoms with Gasteiger partial charge in [-0.05, 0) is 43.5 Å². The van der Waals surface area contributed by atoms with Gasteiger partial charge in [-0.25, -0.2) is 0 Å². The van der Waals surface area contributed by atoms with E-state index in [-0.39, 0.29) is 28.8 Å². The molecule has 2 rings (SSSR count). The van der Waals surface area contributed by atoms with Gasteiger partial charge in [0.05, 0.1) is 12.5 Å². The van der Waals surface area contributed by atoms with Gasteiger partial charge < -0.3 is 14.1 Å². The SMILES string of the molecule is CCOC(=O)C1CCN(C(=O)c2ccc(Cl)o2)CC1. The number of piperidine rings is 1. The Labute approximate surface area is 116 Å². The smallest absolute Gasteiger partial charge is 0.309 e. The monoisotopic (exact) mass is 285 g/mol. The number of carbonyl (C=O) groups excluding carboxylic acids is 2. The zero-order chi connectivity index (χ0) is 13.8. The summed E-state index contributed by atoms with van der Waals surface area (Å²) in [5.41, 5.74) is 0. The van der Waals surface area contributed by atoms with Crippen LogP contribution in [0.1, 0.15) is 30.3 Å². The van der Waals surface area contributed by atoms with E-state index in [2.05, 4.69) is 0 Å². The molecule has 0 saturated carbocycles. The van der Waals surface area contributed by atoms with Crippen molar-refractivity contribution in [2.24, 2.45) is 5.92 Å². The van der Waals surface area contributed by atoms with E-state index in [9.17, 15) is 9.59 Å². The van der Waals surface area contributed by atoms with E-state index < -0.39 is 0 Å². The van der Waals surface area contributed by atoms with Gasteiger partial charge in [-0.1, -0.05) is 0 Å². The predicted molar refractivity (Wildman–Crippen MR) is 69.0 cm³/mol. The third-order valence-electron chi connectivity index (χ3n) is 3.19. The summed E-state index contributed by atoms with van der Waals surface area (Å²) in [6.45, 7) is 3.24. The van der Waals surface area contributed by atoms with E-state index in [4.69, 9.17) is 20.8 Å². The Morgan fingerprint density at radius 1 is 1.42 bits per heavy atom. The molecule has 0 unspecified atom stereocenters. The van der Waals surface area contributed by atoms with Crippen molar-refractivity contribution in [2.75, 3.05) is 19.7 Å². The van der Waals surface area contributed by atoms with Crippen LogP contribution in [0, 0.1) is 5.92 Å². The fourth-order valence-corrected chi connectivity index (χ4v) is 2.31. The Morgan fingerprint density at radius 2 is 2.11 bits per heavy atom. The number of likely N-dealkylation sites (tertiary alicyclic amines) is 1. The molecule has 5 nitrogen and oxygen atoms in total. The van der Waals surface area contributed by atoms with Gasteiger partial charge >= 0.3 is 5.97 Å².